The first-order chi connectivity index (χ1) is 28.3. The summed E-state index contributed by atoms with van der Waals surface area (Å²) < 4.78 is 71.1. The lowest BCUT2D eigenvalue weighted by Gasteiger charge is -2.30. The summed E-state index contributed by atoms with van der Waals surface area (Å²) in [7, 11) is -8.93. The van der Waals surface area contributed by atoms with Crippen molar-refractivity contribution in [2.24, 2.45) is 0 Å². The first-order valence-electron chi connectivity index (χ1n) is 21.1. The van der Waals surface area contributed by atoms with Gasteiger partial charge in [0.2, 0.25) is 11.6 Å². The summed E-state index contributed by atoms with van der Waals surface area (Å²) in [6.45, 7) is 7.70. The largest absolute Gasteiger partial charge is 0.481 e. The summed E-state index contributed by atoms with van der Waals surface area (Å²) >= 11 is 0. The molecule has 0 aliphatic carbocycles. The molecule has 4 N–H and O–H groups in total. The molecule has 1 atom stereocenters. The van der Waals surface area contributed by atoms with Crippen LogP contribution in [0.25, 0.3) is 0 Å². The molecule has 1 unspecified atom stereocenters. The molecule has 2 aromatic rings. The number of Topliss-reactive ketones (excluding diaryl/α,β-unsaturated/α-hetero) is 1. The van der Waals surface area contributed by atoms with E-state index in [1.54, 1.807) is 18.2 Å². The van der Waals surface area contributed by atoms with Crippen molar-refractivity contribution in [1.82, 2.24) is 5.32 Å². The Labute approximate surface area is 354 Å². The lowest BCUT2D eigenvalue weighted by atomic mass is 9.77. The van der Waals surface area contributed by atoms with Crippen molar-refractivity contribution >= 4 is 55.0 Å². The lowest BCUT2D eigenvalue weighted by Crippen LogP contribution is -2.29. The molecule has 0 saturated carbocycles. The highest BCUT2D eigenvalue weighted by molar-refractivity contribution is 7.86. The molecule has 0 radical (unpaired) electrons. The van der Waals surface area contributed by atoms with Crippen molar-refractivity contribution in [3.8, 4) is 0 Å². The fourth-order valence-electron chi connectivity index (χ4n) is 8.77. The summed E-state index contributed by atoms with van der Waals surface area (Å²) in [5, 5.41) is 12.1. The van der Waals surface area contributed by atoms with Crippen LogP contribution in [0.4, 0.5) is 11.4 Å². The van der Waals surface area contributed by atoms with Crippen molar-refractivity contribution in [1.29, 1.82) is 0 Å². The molecule has 0 aromatic heterocycles. The molecule has 1 amide bonds. The number of ketones is 1. The molecule has 3 aliphatic heterocycles. The summed E-state index contributed by atoms with van der Waals surface area (Å²) in [6, 6.07) is 9.32. The third-order valence-corrected chi connectivity index (χ3v) is 13.7. The van der Waals surface area contributed by atoms with Gasteiger partial charge in [0.1, 0.15) is 12.3 Å². The van der Waals surface area contributed by atoms with Crippen LogP contribution < -0.4 is 10.2 Å². The predicted octanol–water partition coefficient (Wildman–Crippen LogP) is 7.97. The van der Waals surface area contributed by atoms with Gasteiger partial charge >= 0.3 is 5.97 Å². The lowest BCUT2D eigenvalue weighted by molar-refractivity contribution is -0.438. The van der Waals surface area contributed by atoms with Crippen LogP contribution in [-0.4, -0.2) is 78.6 Å². The molecule has 13 nitrogen and oxygen atoms in total. The van der Waals surface area contributed by atoms with Gasteiger partial charge in [-0.05, 0) is 108 Å². The Balaban J connectivity index is 1.53. The molecule has 15 heteroatoms. The number of fused-ring (bicyclic) bond motifs is 5. The maximum atomic E-state index is 12.6. The minimum absolute atomic E-state index is 0.0620. The van der Waals surface area contributed by atoms with Crippen LogP contribution in [0, 0.1) is 0 Å². The average molecular weight is 867 g/mol. The SMILES string of the molecule is CC1(C)C2=[N+](CCCCCC(=O)CCCNC(=O)CCCCCC3(C)/C(=C/C=C/C=C/2)N(CCCCCC(=O)O)c2ccc(S(=O)(=O)O)cc23)c2ccc(S(=O)(=O)O)cc21. The Bertz CT molecular complexity index is 2290. The van der Waals surface area contributed by atoms with Crippen molar-refractivity contribution in [2.45, 2.75) is 138 Å². The third kappa shape index (κ3) is 11.5. The second-order valence-electron chi connectivity index (χ2n) is 16.8. The molecule has 326 valence electrons. The van der Waals surface area contributed by atoms with E-state index in [2.05, 4.69) is 21.7 Å². The van der Waals surface area contributed by atoms with Gasteiger partial charge in [0, 0.05) is 79.7 Å². The number of allylic oxidation sites excluding steroid dienone is 6. The molecule has 5 rings (SSSR count). The highest BCUT2D eigenvalue weighted by atomic mass is 32.2. The molecular weight excluding hydrogens is 807 g/mol. The molecule has 3 aliphatic rings. The number of carbonyl (C=O) groups is 3. The number of carboxylic acids is 1. The maximum Gasteiger partial charge on any atom is 0.303 e. The number of nitrogens with one attached hydrogen (secondary N) is 1. The molecule has 0 fully saturated rings. The maximum absolute atomic E-state index is 12.6. The van der Waals surface area contributed by atoms with E-state index in [1.807, 2.05) is 44.2 Å². The Morgan fingerprint density at radius 3 is 2.17 bits per heavy atom. The van der Waals surface area contributed by atoms with Gasteiger partial charge in [-0.25, -0.2) is 0 Å². The number of hydrogen-bond donors (Lipinski definition) is 4. The predicted molar refractivity (Wildman–Crippen MR) is 231 cm³/mol. The summed E-state index contributed by atoms with van der Waals surface area (Å²) in [6.07, 6.45) is 18.6. The van der Waals surface area contributed by atoms with Gasteiger partial charge in [-0.15, -0.1) is 0 Å². The van der Waals surface area contributed by atoms with Gasteiger partial charge < -0.3 is 15.3 Å². The highest BCUT2D eigenvalue weighted by Gasteiger charge is 2.45. The number of rotatable bonds is 8. The van der Waals surface area contributed by atoms with Crippen LogP contribution in [-0.2, 0) is 45.4 Å². The smallest absolute Gasteiger partial charge is 0.303 e. The van der Waals surface area contributed by atoms with E-state index >= 15 is 0 Å². The number of unbranched alkanes of at least 4 members (excludes halogenated alkanes) is 2. The van der Waals surface area contributed by atoms with E-state index < -0.39 is 37.0 Å². The molecular formula is C45H60N3O10S2+. The van der Waals surface area contributed by atoms with E-state index in [1.165, 1.54) is 18.2 Å². The van der Waals surface area contributed by atoms with Crippen LogP contribution in [0.5, 0.6) is 0 Å². The van der Waals surface area contributed by atoms with E-state index in [0.29, 0.717) is 77.4 Å². The van der Waals surface area contributed by atoms with Crippen LogP contribution in [0.1, 0.15) is 128 Å². The first-order valence-corrected chi connectivity index (χ1v) is 23.9. The summed E-state index contributed by atoms with van der Waals surface area (Å²) in [4.78, 5) is 38.3. The number of hydrogen-bond acceptors (Lipinski definition) is 8. The second kappa shape index (κ2) is 20.0. The van der Waals surface area contributed by atoms with Crippen LogP contribution >= 0.6 is 0 Å². The first kappa shape index (κ1) is 46.6. The Morgan fingerprint density at radius 1 is 0.783 bits per heavy atom. The fourth-order valence-corrected chi connectivity index (χ4v) is 9.78. The monoisotopic (exact) mass is 866 g/mol. The number of aliphatic carboxylic acids is 1. The van der Waals surface area contributed by atoms with Gasteiger partial charge in [-0.3, -0.25) is 23.5 Å². The molecule has 2 aromatic carbocycles. The van der Waals surface area contributed by atoms with Gasteiger partial charge in [0.15, 0.2) is 5.71 Å². The molecule has 0 bridgehead atoms. The number of carboxylic acid groups (broad SMARTS) is 1. The minimum atomic E-state index is -4.50. The zero-order valence-electron chi connectivity index (χ0n) is 35.0. The zero-order chi connectivity index (χ0) is 43.7. The number of carbonyl (C=O) groups excluding carboxylic acids is 2. The number of benzene rings is 2. The van der Waals surface area contributed by atoms with Crippen LogP contribution in [0.2, 0.25) is 0 Å². The van der Waals surface area contributed by atoms with Crippen LogP contribution in [0.15, 0.2) is 82.3 Å². The van der Waals surface area contributed by atoms with Crippen molar-refractivity contribution < 1.29 is 50.0 Å². The van der Waals surface area contributed by atoms with E-state index in [-0.39, 0.29) is 27.9 Å². The number of anilines is 1. The molecule has 0 saturated heterocycles. The van der Waals surface area contributed by atoms with Crippen molar-refractivity contribution in [3.63, 3.8) is 0 Å². The minimum Gasteiger partial charge on any atom is -0.481 e. The standard InChI is InChI=1S/C45H59N3O10S2/c1-44(2)36-31-34(59(53,54)55)23-25-38(36)47-29-14-6-8-17-33(49)18-16-28-46-42(50)21-11-5-13-27-45(3)37-32-35(60(56,57)58)24-26-39(37)48(30-15-7-12-22-43(51)52)41(45)20-10-4-9-19-40(44)47/h4,9-10,19-20,23-26,31-32H,5-8,11-18,21-22,27-30H2,1-3H3,(H3-,46,50,51,52,53,54,55,56,57,58)/p+1. The van der Waals surface area contributed by atoms with Crippen molar-refractivity contribution in [2.75, 3.05) is 24.5 Å². The topological polar surface area (TPSA) is 198 Å². The van der Waals surface area contributed by atoms with Gasteiger partial charge in [-0.1, -0.05) is 37.5 Å². The quantitative estimate of drug-likeness (QED) is 0.114. The normalized spacial score (nSPS) is 23.1. The number of amides is 1. The third-order valence-electron chi connectivity index (χ3n) is 12.0. The number of nitrogens with zero attached hydrogens (tertiary/aromatic N) is 2. The summed E-state index contributed by atoms with van der Waals surface area (Å²) in [5.74, 6) is -0.746. The van der Waals surface area contributed by atoms with Gasteiger partial charge in [0.05, 0.1) is 15.2 Å². The highest BCUT2D eigenvalue weighted by Crippen LogP contribution is 2.51. The Kier molecular flexibility index (Phi) is 15.5. The Morgan fingerprint density at radius 2 is 1.45 bits per heavy atom. The second-order valence-corrected chi connectivity index (χ2v) is 19.7. The van der Waals surface area contributed by atoms with Crippen molar-refractivity contribution in [3.05, 3.63) is 83.6 Å². The molecule has 60 heavy (non-hydrogen) atoms. The van der Waals surface area contributed by atoms with Crippen LogP contribution in [0.3, 0.4) is 0 Å². The Hall–Kier alpha value is -4.44. The average Bonchev–Trinajstić information content (AvgIpc) is 3.53. The molecule has 0 spiro atoms. The van der Waals surface area contributed by atoms with E-state index in [0.717, 1.165) is 66.0 Å². The van der Waals surface area contributed by atoms with Gasteiger partial charge in [0.25, 0.3) is 20.2 Å². The van der Waals surface area contributed by atoms with Gasteiger partial charge in [-0.2, -0.15) is 21.4 Å². The van der Waals surface area contributed by atoms with E-state index in [4.69, 9.17) is 0 Å². The zero-order valence-corrected chi connectivity index (χ0v) is 36.6. The van der Waals surface area contributed by atoms with E-state index in [9.17, 15) is 45.4 Å². The molecule has 3 heterocycles. The fraction of sp³-hybridized carbons (Fsp3) is 0.511. The summed E-state index contributed by atoms with van der Waals surface area (Å²) in [5.41, 5.74) is 3.72.